The number of aromatic nitrogens is 1. The van der Waals surface area contributed by atoms with E-state index in [-0.39, 0.29) is 29.4 Å². The number of para-hydroxylation sites is 1. The van der Waals surface area contributed by atoms with Gasteiger partial charge in [-0.05, 0) is 6.07 Å². The van der Waals surface area contributed by atoms with Crippen molar-refractivity contribution in [3.8, 4) is 0 Å². The first-order chi connectivity index (χ1) is 9.69. The highest BCUT2D eigenvalue weighted by Crippen LogP contribution is 2.27. The lowest BCUT2D eigenvalue weighted by atomic mass is 10.2. The minimum Gasteiger partial charge on any atom is -0.423 e. The zero-order chi connectivity index (χ0) is 14.1. The molecule has 2 aromatic rings. The number of nitro groups is 1. The number of fused-ring (bicyclic) bond motifs is 1. The van der Waals surface area contributed by atoms with Gasteiger partial charge in [0.2, 0.25) is 0 Å². The monoisotopic (exact) mass is 278 g/mol. The zero-order valence-electron chi connectivity index (χ0n) is 10.8. The molecule has 0 bridgehead atoms. The maximum atomic E-state index is 10.9. The quantitative estimate of drug-likeness (QED) is 0.638. The second kappa shape index (κ2) is 5.06. The Morgan fingerprint density at radius 3 is 3.15 bits per heavy atom. The minimum absolute atomic E-state index is 0.0139. The minimum atomic E-state index is -0.469. The Kier molecular flexibility index (Phi) is 3.25. The van der Waals surface area contributed by atoms with Crippen LogP contribution in [0.5, 0.6) is 0 Å². The van der Waals surface area contributed by atoms with E-state index < -0.39 is 4.92 Å². The molecule has 1 unspecified atom stereocenters. The van der Waals surface area contributed by atoms with E-state index in [9.17, 15) is 10.1 Å². The normalized spacial score (nSPS) is 22.2. The van der Waals surface area contributed by atoms with Gasteiger partial charge < -0.3 is 19.8 Å². The Labute approximate surface area is 114 Å². The molecule has 1 aromatic heterocycles. The lowest BCUT2D eigenvalue weighted by Crippen LogP contribution is -2.33. The fourth-order valence-corrected chi connectivity index (χ4v) is 2.35. The molecule has 0 spiro atoms. The predicted octanol–water partition coefficient (Wildman–Crippen LogP) is 1.13. The Morgan fingerprint density at radius 2 is 2.40 bits per heavy atom. The number of benzene rings is 1. The Morgan fingerprint density at radius 1 is 1.55 bits per heavy atom. The van der Waals surface area contributed by atoms with E-state index in [1.807, 2.05) is 0 Å². The van der Waals surface area contributed by atoms with Gasteiger partial charge in [0.15, 0.2) is 11.1 Å². The predicted molar refractivity (Wildman–Crippen MR) is 71.7 cm³/mol. The molecular formula is C12H14N4O4. The van der Waals surface area contributed by atoms with Gasteiger partial charge >= 0.3 is 0 Å². The molecule has 0 radical (unpaired) electrons. The molecule has 0 aliphatic carbocycles. The SMILES string of the molecule is CO[C@H]1CNCC1Nc1nc2c([N+](=O)[O-])cccc2o1. The maximum Gasteiger partial charge on any atom is 0.298 e. The first-order valence-corrected chi connectivity index (χ1v) is 6.23. The fraction of sp³-hybridized carbons (Fsp3) is 0.417. The Hall–Kier alpha value is -2.19. The molecule has 1 aromatic carbocycles. The summed E-state index contributed by atoms with van der Waals surface area (Å²) < 4.78 is 10.8. The summed E-state index contributed by atoms with van der Waals surface area (Å²) in [6, 6.07) is 4.92. The van der Waals surface area contributed by atoms with E-state index in [2.05, 4.69) is 15.6 Å². The third-order valence-corrected chi connectivity index (χ3v) is 3.36. The number of hydrogen-bond acceptors (Lipinski definition) is 7. The Bertz CT molecular complexity index is 641. The van der Waals surface area contributed by atoms with Crippen molar-refractivity contribution < 1.29 is 14.1 Å². The molecule has 2 N–H and O–H groups in total. The zero-order valence-corrected chi connectivity index (χ0v) is 10.8. The van der Waals surface area contributed by atoms with E-state index in [1.54, 1.807) is 19.2 Å². The summed E-state index contributed by atoms with van der Waals surface area (Å²) in [5.74, 6) is 0. The van der Waals surface area contributed by atoms with Crippen molar-refractivity contribution in [1.29, 1.82) is 0 Å². The van der Waals surface area contributed by atoms with E-state index in [1.165, 1.54) is 6.07 Å². The number of rotatable bonds is 4. The van der Waals surface area contributed by atoms with Crippen LogP contribution in [0.1, 0.15) is 0 Å². The molecule has 0 amide bonds. The first-order valence-electron chi connectivity index (χ1n) is 6.23. The van der Waals surface area contributed by atoms with Crippen molar-refractivity contribution in [2.24, 2.45) is 0 Å². The van der Waals surface area contributed by atoms with Crippen LogP contribution in [-0.4, -0.2) is 42.3 Å². The van der Waals surface area contributed by atoms with Crippen LogP contribution in [0.25, 0.3) is 11.1 Å². The van der Waals surface area contributed by atoms with Gasteiger partial charge in [0.25, 0.3) is 11.7 Å². The van der Waals surface area contributed by atoms with Crippen LogP contribution in [0.4, 0.5) is 11.7 Å². The van der Waals surface area contributed by atoms with Crippen molar-refractivity contribution >= 4 is 22.8 Å². The van der Waals surface area contributed by atoms with Crippen molar-refractivity contribution in [2.45, 2.75) is 12.1 Å². The standard InChI is InChI=1S/C12H14N4O4/c1-19-10-6-13-5-7(10)14-12-15-11-8(16(17)18)3-2-4-9(11)20-12/h2-4,7,10,13H,5-6H2,1H3,(H,14,15)/t7?,10-/m0/s1. The molecule has 0 saturated carbocycles. The lowest BCUT2D eigenvalue weighted by molar-refractivity contribution is -0.383. The molecule has 8 nitrogen and oxygen atoms in total. The molecule has 3 rings (SSSR count). The van der Waals surface area contributed by atoms with Gasteiger partial charge in [-0.2, -0.15) is 4.98 Å². The van der Waals surface area contributed by atoms with Crippen molar-refractivity contribution in [3.63, 3.8) is 0 Å². The molecule has 8 heteroatoms. The molecular weight excluding hydrogens is 264 g/mol. The first kappa shape index (κ1) is 12.8. The van der Waals surface area contributed by atoms with Gasteiger partial charge in [-0.15, -0.1) is 0 Å². The molecule has 1 saturated heterocycles. The van der Waals surface area contributed by atoms with Crippen LogP contribution in [0.3, 0.4) is 0 Å². The number of oxazole rings is 1. The summed E-state index contributed by atoms with van der Waals surface area (Å²) in [6.45, 7) is 1.47. The van der Waals surface area contributed by atoms with Crippen molar-refractivity contribution in [2.75, 3.05) is 25.5 Å². The van der Waals surface area contributed by atoms with E-state index in [4.69, 9.17) is 9.15 Å². The number of ether oxygens (including phenoxy) is 1. The fourth-order valence-electron chi connectivity index (χ4n) is 2.35. The van der Waals surface area contributed by atoms with Crippen molar-refractivity contribution in [3.05, 3.63) is 28.3 Å². The van der Waals surface area contributed by atoms with Gasteiger partial charge in [-0.1, -0.05) is 6.07 Å². The average molecular weight is 278 g/mol. The molecule has 2 heterocycles. The van der Waals surface area contributed by atoms with Crippen molar-refractivity contribution in [1.82, 2.24) is 10.3 Å². The van der Waals surface area contributed by atoms with Gasteiger partial charge in [0.05, 0.1) is 17.1 Å². The number of nitrogens with zero attached hydrogens (tertiary/aromatic N) is 2. The van der Waals surface area contributed by atoms with E-state index in [0.29, 0.717) is 5.58 Å². The third-order valence-electron chi connectivity index (χ3n) is 3.36. The van der Waals surface area contributed by atoms with E-state index >= 15 is 0 Å². The molecule has 1 fully saturated rings. The molecule has 1 aliphatic heterocycles. The molecule has 106 valence electrons. The van der Waals surface area contributed by atoms with Crippen LogP contribution in [0.15, 0.2) is 22.6 Å². The highest BCUT2D eigenvalue weighted by atomic mass is 16.6. The third kappa shape index (κ3) is 2.19. The molecule has 20 heavy (non-hydrogen) atoms. The average Bonchev–Trinajstić information content (AvgIpc) is 3.03. The summed E-state index contributed by atoms with van der Waals surface area (Å²) >= 11 is 0. The number of methoxy groups -OCH3 is 1. The molecule has 1 aliphatic rings. The van der Waals surface area contributed by atoms with Crippen LogP contribution in [-0.2, 0) is 4.74 Å². The number of anilines is 1. The highest BCUT2D eigenvalue weighted by Gasteiger charge is 2.28. The lowest BCUT2D eigenvalue weighted by Gasteiger charge is -2.16. The summed E-state index contributed by atoms with van der Waals surface area (Å²) in [6.07, 6.45) is 0.0139. The van der Waals surface area contributed by atoms with Gasteiger partial charge in [-0.25, -0.2) is 0 Å². The topological polar surface area (TPSA) is 102 Å². The number of non-ortho nitro benzene ring substituents is 1. The second-order valence-electron chi connectivity index (χ2n) is 4.58. The number of nitro benzene ring substituents is 1. The second-order valence-corrected chi connectivity index (χ2v) is 4.58. The van der Waals surface area contributed by atoms with Gasteiger partial charge in [-0.3, -0.25) is 10.1 Å². The summed E-state index contributed by atoms with van der Waals surface area (Å²) in [4.78, 5) is 14.6. The largest absolute Gasteiger partial charge is 0.423 e. The van der Waals surface area contributed by atoms with Gasteiger partial charge in [0.1, 0.15) is 0 Å². The van der Waals surface area contributed by atoms with Crippen LogP contribution in [0, 0.1) is 10.1 Å². The van der Waals surface area contributed by atoms with Gasteiger partial charge in [0, 0.05) is 26.3 Å². The smallest absolute Gasteiger partial charge is 0.298 e. The van der Waals surface area contributed by atoms with E-state index in [0.717, 1.165) is 13.1 Å². The molecule has 2 atom stereocenters. The number of nitrogens with one attached hydrogen (secondary N) is 2. The summed E-state index contributed by atoms with van der Waals surface area (Å²) in [5.41, 5.74) is 0.577. The maximum absolute atomic E-state index is 10.9. The Balaban J connectivity index is 1.89. The summed E-state index contributed by atoms with van der Waals surface area (Å²) in [7, 11) is 1.64. The van der Waals surface area contributed by atoms with Crippen LogP contribution < -0.4 is 10.6 Å². The van der Waals surface area contributed by atoms with Crippen LogP contribution in [0.2, 0.25) is 0 Å². The number of hydrogen-bond donors (Lipinski definition) is 2. The van der Waals surface area contributed by atoms with Crippen LogP contribution >= 0.6 is 0 Å². The highest BCUT2D eigenvalue weighted by molar-refractivity contribution is 5.84. The summed E-state index contributed by atoms with van der Waals surface area (Å²) in [5, 5.41) is 17.2.